The van der Waals surface area contributed by atoms with Crippen molar-refractivity contribution in [2.75, 3.05) is 32.5 Å². The zero-order valence-corrected chi connectivity index (χ0v) is 20.8. The van der Waals surface area contributed by atoms with Gasteiger partial charge in [0, 0.05) is 47.2 Å². The number of alkyl halides is 3. The van der Waals surface area contributed by atoms with Crippen molar-refractivity contribution in [1.82, 2.24) is 36.0 Å². The van der Waals surface area contributed by atoms with E-state index in [1.807, 2.05) is 0 Å². The van der Waals surface area contributed by atoms with Crippen LogP contribution in [0.4, 0.5) is 23.8 Å². The molecule has 3 aromatic rings. The monoisotopic (exact) mass is 536 g/mol. The van der Waals surface area contributed by atoms with Gasteiger partial charge in [-0.1, -0.05) is 0 Å². The van der Waals surface area contributed by atoms with Gasteiger partial charge in [-0.15, -0.1) is 11.3 Å². The fourth-order valence-electron chi connectivity index (χ4n) is 3.02. The van der Waals surface area contributed by atoms with Crippen LogP contribution in [0, 0.1) is 0 Å². The van der Waals surface area contributed by atoms with Gasteiger partial charge in [-0.25, -0.2) is 14.8 Å². The highest BCUT2D eigenvalue weighted by atomic mass is 32.1. The van der Waals surface area contributed by atoms with Gasteiger partial charge in [-0.2, -0.15) is 13.2 Å². The summed E-state index contributed by atoms with van der Waals surface area (Å²) in [5.74, 6) is -1.01. The maximum absolute atomic E-state index is 13.2. The summed E-state index contributed by atoms with van der Waals surface area (Å²) in [6.45, 7) is 2.13. The smallest absolute Gasteiger partial charge is 0.338 e. The van der Waals surface area contributed by atoms with Crippen LogP contribution in [0.5, 0.6) is 0 Å². The average molecular weight is 537 g/mol. The molecule has 0 aliphatic heterocycles. The van der Waals surface area contributed by atoms with Crippen molar-refractivity contribution < 1.29 is 27.6 Å². The number of carbonyl (C=O) groups excluding carboxylic acids is 3. The Hall–Kier alpha value is -4.11. The molecular weight excluding hydrogens is 513 g/mol. The van der Waals surface area contributed by atoms with E-state index in [4.69, 9.17) is 0 Å². The summed E-state index contributed by atoms with van der Waals surface area (Å²) >= 11 is 0.764. The minimum atomic E-state index is -4.64. The second-order valence-electron chi connectivity index (χ2n) is 7.84. The van der Waals surface area contributed by atoms with E-state index in [0.717, 1.165) is 16.7 Å². The molecule has 4 amide bonds. The Labute approximate surface area is 213 Å². The number of hydrogen-bond acceptors (Lipinski definition) is 8. The van der Waals surface area contributed by atoms with Gasteiger partial charge >= 0.3 is 12.2 Å². The summed E-state index contributed by atoms with van der Waals surface area (Å²) in [5.41, 5.74) is 4.49. The molecule has 0 atom stereocenters. The molecule has 3 aromatic heterocycles. The zero-order valence-electron chi connectivity index (χ0n) is 19.9. The molecule has 0 saturated carbocycles. The first-order valence-corrected chi connectivity index (χ1v) is 11.6. The molecule has 3 heterocycles. The van der Waals surface area contributed by atoms with E-state index >= 15 is 0 Å². The topological polar surface area (TPSA) is 141 Å². The fourth-order valence-corrected chi connectivity index (χ4v) is 3.87. The van der Waals surface area contributed by atoms with E-state index < -0.39 is 29.7 Å². The van der Waals surface area contributed by atoms with Crippen LogP contribution in [-0.2, 0) is 11.0 Å². The third-order valence-corrected chi connectivity index (χ3v) is 5.47. The fraction of sp³-hybridized carbons (Fsp3) is 0.273. The molecule has 0 unspecified atom stereocenters. The lowest BCUT2D eigenvalue weighted by Crippen LogP contribution is -2.45. The minimum Gasteiger partial charge on any atom is -0.338 e. The summed E-state index contributed by atoms with van der Waals surface area (Å²) in [5, 5.41) is 5.95. The van der Waals surface area contributed by atoms with Crippen molar-refractivity contribution in [3.63, 3.8) is 0 Å². The van der Waals surface area contributed by atoms with Crippen molar-refractivity contribution in [3.8, 4) is 21.7 Å². The summed E-state index contributed by atoms with van der Waals surface area (Å²) < 4.78 is 39.6. The third kappa shape index (κ3) is 7.44. The molecule has 196 valence electrons. The number of urea groups is 1. The van der Waals surface area contributed by atoms with Crippen LogP contribution in [-0.4, -0.2) is 64.9 Å². The molecule has 0 saturated heterocycles. The molecule has 11 nitrogen and oxygen atoms in total. The molecule has 0 aromatic carbocycles. The van der Waals surface area contributed by atoms with E-state index in [2.05, 4.69) is 36.4 Å². The number of aromatic nitrogens is 3. The lowest BCUT2D eigenvalue weighted by Gasteiger charge is -2.13. The highest BCUT2D eigenvalue weighted by Crippen LogP contribution is 2.38. The van der Waals surface area contributed by atoms with E-state index in [9.17, 15) is 27.6 Å². The number of hydrazine groups is 1. The average Bonchev–Trinajstić information content (AvgIpc) is 3.33. The van der Waals surface area contributed by atoms with Crippen molar-refractivity contribution >= 4 is 35.0 Å². The summed E-state index contributed by atoms with van der Waals surface area (Å²) in [4.78, 5) is 49.8. The Morgan fingerprint density at radius 3 is 2.46 bits per heavy atom. The van der Waals surface area contributed by atoms with Crippen LogP contribution in [0.25, 0.3) is 21.7 Å². The number of nitrogens with zero attached hydrogens (tertiary/aromatic N) is 4. The SMILES string of the molecule is CCNC(=O)Nc1cc(-c2nc(C(F)(F)F)cs2)c(-c2cncc(C(=O)NNC(=O)CN(C)C)c2)cn1. The number of pyridine rings is 2. The predicted molar refractivity (Wildman–Crippen MR) is 130 cm³/mol. The quantitative estimate of drug-likeness (QED) is 0.340. The van der Waals surface area contributed by atoms with Crippen molar-refractivity contribution in [2.45, 2.75) is 13.1 Å². The number of nitrogens with one attached hydrogen (secondary N) is 4. The number of halogens is 3. The summed E-state index contributed by atoms with van der Waals surface area (Å²) in [6, 6.07) is 2.29. The van der Waals surface area contributed by atoms with Crippen LogP contribution in [0.2, 0.25) is 0 Å². The van der Waals surface area contributed by atoms with Gasteiger partial charge in [0.05, 0.1) is 12.1 Å². The van der Waals surface area contributed by atoms with Crippen LogP contribution in [0.1, 0.15) is 23.0 Å². The number of hydrogen-bond donors (Lipinski definition) is 4. The maximum Gasteiger partial charge on any atom is 0.434 e. The van der Waals surface area contributed by atoms with Crippen molar-refractivity contribution in [1.29, 1.82) is 0 Å². The zero-order chi connectivity index (χ0) is 27.2. The van der Waals surface area contributed by atoms with Gasteiger partial charge in [0.2, 0.25) is 0 Å². The van der Waals surface area contributed by atoms with Crippen molar-refractivity contribution in [3.05, 3.63) is 47.4 Å². The normalized spacial score (nSPS) is 11.2. The first-order chi connectivity index (χ1) is 17.5. The van der Waals surface area contributed by atoms with Crippen LogP contribution in [0.3, 0.4) is 0 Å². The van der Waals surface area contributed by atoms with Crippen LogP contribution >= 0.6 is 11.3 Å². The number of likely N-dealkylation sites (N-methyl/N-ethyl adjacent to an activating group) is 1. The highest BCUT2D eigenvalue weighted by molar-refractivity contribution is 7.13. The van der Waals surface area contributed by atoms with E-state index in [1.165, 1.54) is 30.7 Å². The van der Waals surface area contributed by atoms with Crippen molar-refractivity contribution in [2.24, 2.45) is 0 Å². The molecule has 0 bridgehead atoms. The van der Waals surface area contributed by atoms with Crippen LogP contribution in [0.15, 0.2) is 36.1 Å². The van der Waals surface area contributed by atoms with E-state index in [-0.39, 0.29) is 28.5 Å². The standard InChI is InChI=1S/C22H23F3N8O3S/c1-4-27-21(36)30-17-6-14(20-29-16(11-37-20)22(23,24)25)15(9-28-17)12-5-13(8-26-7-12)19(35)32-31-18(34)10-33(2)3/h5-9,11H,4,10H2,1-3H3,(H,31,34)(H,32,35)(H2,27,28,30,36). The van der Waals surface area contributed by atoms with Gasteiger partial charge in [-0.05, 0) is 33.2 Å². The van der Waals surface area contributed by atoms with E-state index in [0.29, 0.717) is 17.7 Å². The lowest BCUT2D eigenvalue weighted by atomic mass is 10.0. The largest absolute Gasteiger partial charge is 0.434 e. The first kappa shape index (κ1) is 27.5. The van der Waals surface area contributed by atoms with E-state index in [1.54, 1.807) is 25.9 Å². The Morgan fingerprint density at radius 1 is 1.05 bits per heavy atom. The summed E-state index contributed by atoms with van der Waals surface area (Å²) in [6.07, 6.45) is -0.638. The molecule has 4 N–H and O–H groups in total. The van der Waals surface area contributed by atoms with Gasteiger partial charge in [0.15, 0.2) is 5.69 Å². The number of rotatable bonds is 7. The Morgan fingerprint density at radius 2 is 1.81 bits per heavy atom. The van der Waals surface area contributed by atoms with Crippen LogP contribution < -0.4 is 21.5 Å². The molecule has 0 aliphatic carbocycles. The first-order valence-electron chi connectivity index (χ1n) is 10.7. The number of carbonyl (C=O) groups is 3. The lowest BCUT2D eigenvalue weighted by molar-refractivity contribution is -0.140. The molecule has 0 aliphatic rings. The highest BCUT2D eigenvalue weighted by Gasteiger charge is 2.34. The molecule has 15 heteroatoms. The molecule has 0 spiro atoms. The Balaban J connectivity index is 1.97. The minimum absolute atomic E-state index is 0.0227. The maximum atomic E-state index is 13.2. The number of thiazole rings is 1. The second-order valence-corrected chi connectivity index (χ2v) is 8.70. The van der Waals surface area contributed by atoms with Gasteiger partial charge < -0.3 is 10.2 Å². The third-order valence-electron chi connectivity index (χ3n) is 4.59. The molecule has 3 rings (SSSR count). The second kappa shape index (κ2) is 11.7. The molecule has 0 fully saturated rings. The number of amides is 4. The summed E-state index contributed by atoms with van der Waals surface area (Å²) in [7, 11) is 3.38. The Bertz CT molecular complexity index is 1300. The molecular formula is C22H23F3N8O3S. The van der Waals surface area contributed by atoms with Gasteiger partial charge in [0.1, 0.15) is 10.8 Å². The predicted octanol–water partition coefficient (Wildman–Crippen LogP) is 2.75. The van der Waals surface area contributed by atoms with Gasteiger partial charge in [0.25, 0.3) is 11.8 Å². The van der Waals surface area contributed by atoms with Gasteiger partial charge in [-0.3, -0.25) is 30.7 Å². The molecule has 37 heavy (non-hydrogen) atoms. The Kier molecular flexibility index (Phi) is 8.73. The number of anilines is 1. The molecule has 0 radical (unpaired) electrons.